The van der Waals surface area contributed by atoms with Gasteiger partial charge in [-0.05, 0) is 18.4 Å². The Balaban J connectivity index is 1.55. The second-order valence-corrected chi connectivity index (χ2v) is 7.66. The molecule has 0 aromatic carbocycles. The van der Waals surface area contributed by atoms with E-state index in [1.165, 1.54) is 4.88 Å². The molecule has 2 fully saturated rings. The molecule has 1 aromatic rings. The highest BCUT2D eigenvalue weighted by Crippen LogP contribution is 2.18. The van der Waals surface area contributed by atoms with Gasteiger partial charge in [0.05, 0.1) is 19.1 Å². The molecular formula is C18H26N4O4S. The van der Waals surface area contributed by atoms with Gasteiger partial charge in [0, 0.05) is 50.7 Å². The molecule has 0 saturated carbocycles. The number of piperazine rings is 2. The van der Waals surface area contributed by atoms with Crippen LogP contribution in [0.1, 0.15) is 18.2 Å². The number of nitrogens with zero attached hydrogens (tertiary/aromatic N) is 3. The molecule has 1 aromatic heterocycles. The lowest BCUT2D eigenvalue weighted by molar-refractivity contribution is -0.140. The van der Waals surface area contributed by atoms with Crippen LogP contribution in [0.4, 0.5) is 4.79 Å². The zero-order chi connectivity index (χ0) is 19.2. The maximum absolute atomic E-state index is 12.7. The standard InChI is InChI=1S/C18H26N4O4S/c1-2-26-18(25)21-9-7-20(8-10-21)16(23)12-15-17(24)19-5-6-22(15)13-14-4-3-11-27-14/h3-4,11,15H,2,5-10,12-13H2,1H3,(H,19,24)/t15-/m0/s1. The minimum atomic E-state index is -0.448. The number of carbonyl (C=O) groups excluding carboxylic acids is 3. The van der Waals surface area contributed by atoms with Crippen molar-refractivity contribution in [2.75, 3.05) is 45.9 Å². The maximum Gasteiger partial charge on any atom is 0.409 e. The topological polar surface area (TPSA) is 82.2 Å². The largest absolute Gasteiger partial charge is 0.450 e. The van der Waals surface area contributed by atoms with Crippen LogP contribution >= 0.6 is 11.3 Å². The summed E-state index contributed by atoms with van der Waals surface area (Å²) in [5, 5.41) is 4.89. The van der Waals surface area contributed by atoms with Gasteiger partial charge >= 0.3 is 6.09 Å². The molecule has 0 unspecified atom stereocenters. The van der Waals surface area contributed by atoms with E-state index in [0.29, 0.717) is 45.9 Å². The van der Waals surface area contributed by atoms with E-state index in [4.69, 9.17) is 4.74 Å². The molecule has 1 atom stereocenters. The summed E-state index contributed by atoms with van der Waals surface area (Å²) in [6.07, 6.45) is -0.172. The van der Waals surface area contributed by atoms with Crippen molar-refractivity contribution in [3.8, 4) is 0 Å². The van der Waals surface area contributed by atoms with Gasteiger partial charge in [0.2, 0.25) is 11.8 Å². The maximum atomic E-state index is 12.7. The molecule has 27 heavy (non-hydrogen) atoms. The Morgan fingerprint density at radius 3 is 2.63 bits per heavy atom. The molecule has 2 aliphatic heterocycles. The van der Waals surface area contributed by atoms with Gasteiger partial charge in [0.1, 0.15) is 0 Å². The number of nitrogens with one attached hydrogen (secondary N) is 1. The fourth-order valence-electron chi connectivity index (χ4n) is 3.42. The fraction of sp³-hybridized carbons (Fsp3) is 0.611. The molecule has 3 rings (SSSR count). The van der Waals surface area contributed by atoms with Crippen molar-refractivity contribution < 1.29 is 19.1 Å². The first-order valence-electron chi connectivity index (χ1n) is 9.32. The predicted molar refractivity (Wildman–Crippen MR) is 101 cm³/mol. The zero-order valence-electron chi connectivity index (χ0n) is 15.6. The molecule has 3 amide bonds. The van der Waals surface area contributed by atoms with E-state index in [9.17, 15) is 14.4 Å². The smallest absolute Gasteiger partial charge is 0.409 e. The van der Waals surface area contributed by atoms with Crippen molar-refractivity contribution >= 4 is 29.2 Å². The van der Waals surface area contributed by atoms with Crippen molar-refractivity contribution in [2.24, 2.45) is 0 Å². The zero-order valence-corrected chi connectivity index (χ0v) is 16.4. The van der Waals surface area contributed by atoms with Crippen molar-refractivity contribution in [1.82, 2.24) is 20.0 Å². The van der Waals surface area contributed by atoms with Gasteiger partial charge in [-0.15, -0.1) is 11.3 Å². The molecule has 1 N–H and O–H groups in total. The van der Waals surface area contributed by atoms with Crippen molar-refractivity contribution in [3.05, 3.63) is 22.4 Å². The normalized spacial score (nSPS) is 21.1. The van der Waals surface area contributed by atoms with E-state index >= 15 is 0 Å². The van der Waals surface area contributed by atoms with Crippen LogP contribution in [0.5, 0.6) is 0 Å². The van der Waals surface area contributed by atoms with E-state index in [-0.39, 0.29) is 24.3 Å². The minimum Gasteiger partial charge on any atom is -0.450 e. The lowest BCUT2D eigenvalue weighted by Crippen LogP contribution is -2.57. The number of hydrogen-bond donors (Lipinski definition) is 1. The Hall–Kier alpha value is -2.13. The van der Waals surface area contributed by atoms with Crippen LogP contribution in [0.3, 0.4) is 0 Å². The van der Waals surface area contributed by atoms with Gasteiger partial charge in [0.25, 0.3) is 0 Å². The number of hydrogen-bond acceptors (Lipinski definition) is 6. The van der Waals surface area contributed by atoms with Crippen LogP contribution in [0.15, 0.2) is 17.5 Å². The molecule has 0 aliphatic carbocycles. The average Bonchev–Trinajstić information content (AvgIpc) is 3.18. The second kappa shape index (κ2) is 9.18. The molecule has 2 aliphatic rings. The molecule has 2 saturated heterocycles. The predicted octanol–water partition coefficient (Wildman–Crippen LogP) is 0.739. The molecular weight excluding hydrogens is 368 g/mol. The third-order valence-corrected chi connectivity index (χ3v) is 5.77. The van der Waals surface area contributed by atoms with Crippen LogP contribution in [-0.2, 0) is 20.9 Å². The van der Waals surface area contributed by atoms with Crippen LogP contribution in [0.2, 0.25) is 0 Å². The number of ether oxygens (including phenoxy) is 1. The van der Waals surface area contributed by atoms with Gasteiger partial charge in [-0.3, -0.25) is 14.5 Å². The monoisotopic (exact) mass is 394 g/mol. The van der Waals surface area contributed by atoms with E-state index in [1.54, 1.807) is 28.1 Å². The van der Waals surface area contributed by atoms with E-state index in [0.717, 1.165) is 6.54 Å². The minimum absolute atomic E-state index is 0.0447. The molecule has 0 radical (unpaired) electrons. The van der Waals surface area contributed by atoms with Gasteiger partial charge in [0.15, 0.2) is 0 Å². The van der Waals surface area contributed by atoms with Crippen molar-refractivity contribution in [2.45, 2.75) is 25.9 Å². The van der Waals surface area contributed by atoms with Gasteiger partial charge < -0.3 is 19.9 Å². The Bertz CT molecular complexity index is 658. The Morgan fingerprint density at radius 2 is 1.96 bits per heavy atom. The SMILES string of the molecule is CCOC(=O)N1CCN(C(=O)C[C@H]2C(=O)NCCN2Cc2cccs2)CC1. The van der Waals surface area contributed by atoms with Crippen LogP contribution in [0.25, 0.3) is 0 Å². The van der Waals surface area contributed by atoms with E-state index < -0.39 is 6.04 Å². The summed E-state index contributed by atoms with van der Waals surface area (Å²) in [5.41, 5.74) is 0. The fourth-order valence-corrected chi connectivity index (χ4v) is 4.15. The average molecular weight is 394 g/mol. The highest BCUT2D eigenvalue weighted by atomic mass is 32.1. The summed E-state index contributed by atoms with van der Waals surface area (Å²) in [6.45, 7) is 5.99. The number of rotatable bonds is 5. The second-order valence-electron chi connectivity index (χ2n) is 6.63. The quantitative estimate of drug-likeness (QED) is 0.797. The summed E-state index contributed by atoms with van der Waals surface area (Å²) in [4.78, 5) is 43.5. The Kier molecular flexibility index (Phi) is 6.68. The summed E-state index contributed by atoms with van der Waals surface area (Å²) in [5.74, 6) is -0.131. The van der Waals surface area contributed by atoms with Crippen molar-refractivity contribution in [3.63, 3.8) is 0 Å². The molecule has 9 heteroatoms. The van der Waals surface area contributed by atoms with Crippen LogP contribution in [0, 0.1) is 0 Å². The third kappa shape index (κ3) is 4.98. The van der Waals surface area contributed by atoms with Crippen LogP contribution < -0.4 is 5.32 Å². The number of thiophene rings is 1. The third-order valence-electron chi connectivity index (χ3n) is 4.91. The first kappa shape index (κ1) is 19.6. The summed E-state index contributed by atoms with van der Waals surface area (Å²) >= 11 is 1.66. The molecule has 0 spiro atoms. The first-order valence-corrected chi connectivity index (χ1v) is 10.2. The Labute approximate surface area is 163 Å². The number of amides is 3. The summed E-state index contributed by atoms with van der Waals surface area (Å²) in [7, 11) is 0. The van der Waals surface area contributed by atoms with E-state index in [2.05, 4.69) is 10.2 Å². The van der Waals surface area contributed by atoms with Crippen molar-refractivity contribution in [1.29, 1.82) is 0 Å². The van der Waals surface area contributed by atoms with E-state index in [1.807, 2.05) is 17.5 Å². The van der Waals surface area contributed by atoms with Gasteiger partial charge in [-0.2, -0.15) is 0 Å². The first-order chi connectivity index (χ1) is 13.1. The molecule has 8 nitrogen and oxygen atoms in total. The summed E-state index contributed by atoms with van der Waals surface area (Å²) < 4.78 is 5.00. The van der Waals surface area contributed by atoms with Gasteiger partial charge in [-0.25, -0.2) is 4.79 Å². The molecule has 148 valence electrons. The van der Waals surface area contributed by atoms with Crippen LogP contribution in [-0.4, -0.2) is 84.5 Å². The highest BCUT2D eigenvalue weighted by Gasteiger charge is 2.34. The molecule has 0 bridgehead atoms. The Morgan fingerprint density at radius 1 is 1.22 bits per heavy atom. The number of carbonyl (C=O) groups is 3. The lowest BCUT2D eigenvalue weighted by atomic mass is 10.1. The molecule has 3 heterocycles. The highest BCUT2D eigenvalue weighted by molar-refractivity contribution is 7.09. The summed E-state index contributed by atoms with van der Waals surface area (Å²) in [6, 6.07) is 3.59. The lowest BCUT2D eigenvalue weighted by Gasteiger charge is -2.37. The van der Waals surface area contributed by atoms with Gasteiger partial charge in [-0.1, -0.05) is 6.07 Å².